The van der Waals surface area contributed by atoms with Crippen LogP contribution in [0.15, 0.2) is 28.9 Å². The van der Waals surface area contributed by atoms with Gasteiger partial charge in [-0.25, -0.2) is 0 Å². The van der Waals surface area contributed by atoms with Crippen molar-refractivity contribution in [1.29, 1.82) is 0 Å². The summed E-state index contributed by atoms with van der Waals surface area (Å²) in [4.78, 5) is 3.41. The third-order valence-corrected chi connectivity index (χ3v) is 4.95. The normalized spacial score (nSPS) is 20.4. The molecule has 0 radical (unpaired) electrons. The number of hydrogen-bond donors (Lipinski definition) is 1. The number of nitrogens with one attached hydrogen (secondary N) is 1. The van der Waals surface area contributed by atoms with Gasteiger partial charge in [-0.1, -0.05) is 29.8 Å². The number of H-pyrrole nitrogens is 1. The van der Waals surface area contributed by atoms with E-state index in [1.165, 1.54) is 46.6 Å². The third-order valence-electron chi connectivity index (χ3n) is 4.45. The van der Waals surface area contributed by atoms with Crippen LogP contribution in [0.2, 0.25) is 0 Å². The molecule has 1 N–H and O–H groups in total. The first kappa shape index (κ1) is 12.3. The van der Waals surface area contributed by atoms with Crippen LogP contribution in [-0.4, -0.2) is 4.98 Å². The Hall–Kier alpha value is -0.760. The summed E-state index contributed by atoms with van der Waals surface area (Å²) in [5.41, 5.74) is 3.32. The first-order chi connectivity index (χ1) is 8.55. The summed E-state index contributed by atoms with van der Waals surface area (Å²) in [6.45, 7) is 4.80. The van der Waals surface area contributed by atoms with Crippen molar-refractivity contribution in [2.24, 2.45) is 5.41 Å². The van der Waals surface area contributed by atoms with Gasteiger partial charge in [0.25, 0.3) is 0 Å². The molecule has 0 atom stereocenters. The highest BCUT2D eigenvalue weighted by molar-refractivity contribution is 9.10. The third kappa shape index (κ3) is 2.23. The second-order valence-corrected chi connectivity index (χ2v) is 7.29. The summed E-state index contributed by atoms with van der Waals surface area (Å²) in [5.74, 6) is 0.737. The fourth-order valence-corrected chi connectivity index (χ4v) is 3.52. The Balaban J connectivity index is 1.93. The van der Waals surface area contributed by atoms with Crippen molar-refractivity contribution >= 4 is 26.8 Å². The van der Waals surface area contributed by atoms with Gasteiger partial charge < -0.3 is 4.98 Å². The van der Waals surface area contributed by atoms with E-state index in [-0.39, 0.29) is 0 Å². The lowest BCUT2D eigenvalue weighted by atomic mass is 9.71. The number of benzene rings is 1. The van der Waals surface area contributed by atoms with E-state index >= 15 is 0 Å². The SMILES string of the molecule is CC1(C)CCC(c2c[nH]c3ccc(Br)cc23)CC1. The number of aromatic amines is 1. The zero-order valence-corrected chi connectivity index (χ0v) is 12.7. The molecule has 1 aliphatic rings. The Labute approximate surface area is 117 Å². The average Bonchev–Trinajstić information content (AvgIpc) is 2.72. The number of halogens is 1. The van der Waals surface area contributed by atoms with Crippen molar-refractivity contribution in [2.45, 2.75) is 45.4 Å². The van der Waals surface area contributed by atoms with E-state index in [2.05, 4.69) is 59.2 Å². The standard InChI is InChI=1S/C16H20BrN/c1-16(2)7-5-11(6-8-16)14-10-18-15-4-3-12(17)9-13(14)15/h3-4,9-11,18H,5-8H2,1-2H3. The molecule has 1 heterocycles. The maximum absolute atomic E-state index is 3.58. The molecule has 2 heteroatoms. The summed E-state index contributed by atoms with van der Waals surface area (Å²) >= 11 is 3.58. The van der Waals surface area contributed by atoms with Gasteiger partial charge in [0.05, 0.1) is 0 Å². The van der Waals surface area contributed by atoms with Crippen LogP contribution >= 0.6 is 15.9 Å². The summed E-state index contributed by atoms with van der Waals surface area (Å²) in [6.07, 6.45) is 7.57. The molecule has 1 aromatic heterocycles. The molecule has 3 rings (SSSR count). The molecule has 0 aliphatic heterocycles. The number of aromatic nitrogens is 1. The van der Waals surface area contributed by atoms with E-state index in [1.54, 1.807) is 0 Å². The molecule has 0 amide bonds. The van der Waals surface area contributed by atoms with Crippen molar-refractivity contribution in [3.05, 3.63) is 34.4 Å². The molecule has 1 saturated carbocycles. The molecule has 1 nitrogen and oxygen atoms in total. The van der Waals surface area contributed by atoms with Crippen LogP contribution in [-0.2, 0) is 0 Å². The van der Waals surface area contributed by atoms with Crippen LogP contribution < -0.4 is 0 Å². The van der Waals surface area contributed by atoms with Crippen molar-refractivity contribution in [3.63, 3.8) is 0 Å². The number of hydrogen-bond acceptors (Lipinski definition) is 0. The zero-order valence-electron chi connectivity index (χ0n) is 11.1. The highest BCUT2D eigenvalue weighted by atomic mass is 79.9. The Bertz CT molecular complexity index is 557. The highest BCUT2D eigenvalue weighted by Gasteiger charge is 2.28. The Morgan fingerprint density at radius 2 is 1.94 bits per heavy atom. The molecule has 0 saturated heterocycles. The second kappa shape index (κ2) is 4.41. The minimum absolute atomic E-state index is 0.545. The molecule has 0 spiro atoms. The molecule has 0 bridgehead atoms. The first-order valence-corrected chi connectivity index (χ1v) is 7.61. The Morgan fingerprint density at radius 3 is 2.67 bits per heavy atom. The topological polar surface area (TPSA) is 15.8 Å². The summed E-state index contributed by atoms with van der Waals surface area (Å²) < 4.78 is 1.17. The minimum Gasteiger partial charge on any atom is -0.361 e. The van der Waals surface area contributed by atoms with Crippen LogP contribution in [0.25, 0.3) is 10.9 Å². The fraction of sp³-hybridized carbons (Fsp3) is 0.500. The summed E-state index contributed by atoms with van der Waals surface area (Å²) in [5, 5.41) is 1.40. The number of fused-ring (bicyclic) bond motifs is 1. The van der Waals surface area contributed by atoms with Crippen molar-refractivity contribution in [1.82, 2.24) is 4.98 Å². The van der Waals surface area contributed by atoms with Gasteiger partial charge >= 0.3 is 0 Å². The van der Waals surface area contributed by atoms with E-state index in [9.17, 15) is 0 Å². The molecule has 0 unspecified atom stereocenters. The maximum atomic E-state index is 3.58. The average molecular weight is 306 g/mol. The van der Waals surface area contributed by atoms with Gasteiger partial charge in [-0.3, -0.25) is 0 Å². The molecule has 1 aliphatic carbocycles. The van der Waals surface area contributed by atoms with Crippen LogP contribution in [0.1, 0.15) is 51.0 Å². The molecule has 96 valence electrons. The van der Waals surface area contributed by atoms with Gasteiger partial charge in [0.2, 0.25) is 0 Å². The smallest absolute Gasteiger partial charge is 0.0457 e. The maximum Gasteiger partial charge on any atom is 0.0457 e. The van der Waals surface area contributed by atoms with Crippen LogP contribution in [0.4, 0.5) is 0 Å². The zero-order chi connectivity index (χ0) is 12.8. The van der Waals surface area contributed by atoms with E-state index < -0.39 is 0 Å². The van der Waals surface area contributed by atoms with E-state index in [0.717, 1.165) is 5.92 Å². The van der Waals surface area contributed by atoms with Crippen LogP contribution in [0.5, 0.6) is 0 Å². The molecule has 1 fully saturated rings. The molecule has 2 aromatic rings. The van der Waals surface area contributed by atoms with Crippen molar-refractivity contribution in [2.75, 3.05) is 0 Å². The Morgan fingerprint density at radius 1 is 1.22 bits per heavy atom. The highest BCUT2D eigenvalue weighted by Crippen LogP contribution is 2.44. The van der Waals surface area contributed by atoms with Crippen LogP contribution in [0.3, 0.4) is 0 Å². The summed E-state index contributed by atoms with van der Waals surface area (Å²) in [7, 11) is 0. The van der Waals surface area contributed by atoms with Crippen molar-refractivity contribution in [3.8, 4) is 0 Å². The summed E-state index contributed by atoms with van der Waals surface area (Å²) in [6, 6.07) is 6.52. The molecular weight excluding hydrogens is 286 g/mol. The van der Waals surface area contributed by atoms with Gasteiger partial charge in [-0.05, 0) is 60.8 Å². The van der Waals surface area contributed by atoms with Gasteiger partial charge in [0.1, 0.15) is 0 Å². The molecule has 1 aromatic carbocycles. The number of rotatable bonds is 1. The van der Waals surface area contributed by atoms with E-state index in [0.29, 0.717) is 5.41 Å². The van der Waals surface area contributed by atoms with Crippen molar-refractivity contribution < 1.29 is 0 Å². The lowest BCUT2D eigenvalue weighted by Crippen LogP contribution is -2.20. The monoisotopic (exact) mass is 305 g/mol. The van der Waals surface area contributed by atoms with Crippen LogP contribution in [0, 0.1) is 5.41 Å². The van der Waals surface area contributed by atoms with E-state index in [4.69, 9.17) is 0 Å². The largest absolute Gasteiger partial charge is 0.361 e. The first-order valence-electron chi connectivity index (χ1n) is 6.82. The minimum atomic E-state index is 0.545. The molecular formula is C16H20BrN. The molecule has 18 heavy (non-hydrogen) atoms. The van der Waals surface area contributed by atoms with Gasteiger partial charge in [0, 0.05) is 21.6 Å². The Kier molecular flexibility index (Phi) is 3.01. The lowest BCUT2D eigenvalue weighted by molar-refractivity contribution is 0.225. The second-order valence-electron chi connectivity index (χ2n) is 6.37. The van der Waals surface area contributed by atoms with E-state index in [1.807, 2.05) is 0 Å². The van der Waals surface area contributed by atoms with Gasteiger partial charge in [-0.2, -0.15) is 0 Å². The fourth-order valence-electron chi connectivity index (χ4n) is 3.16. The lowest BCUT2D eigenvalue weighted by Gasteiger charge is -2.34. The van der Waals surface area contributed by atoms with Gasteiger partial charge in [-0.15, -0.1) is 0 Å². The predicted molar refractivity (Wildman–Crippen MR) is 81.0 cm³/mol. The van der Waals surface area contributed by atoms with Gasteiger partial charge in [0.15, 0.2) is 0 Å². The predicted octanol–water partition coefficient (Wildman–Crippen LogP) is 5.61. The quantitative estimate of drug-likeness (QED) is 0.704.